The number of rotatable bonds is 3. The second-order valence-electron chi connectivity index (χ2n) is 9.09. The molecule has 1 aromatic heterocycles. The fourth-order valence-electron chi connectivity index (χ4n) is 5.02. The highest BCUT2D eigenvalue weighted by molar-refractivity contribution is 6.34. The number of fused-ring (bicyclic) bond motifs is 3. The van der Waals surface area contributed by atoms with Crippen molar-refractivity contribution in [2.24, 2.45) is 0 Å². The molecule has 6 rings (SSSR count). The molecule has 35 heavy (non-hydrogen) atoms. The molecule has 0 radical (unpaired) electrons. The summed E-state index contributed by atoms with van der Waals surface area (Å²) >= 11 is 0. The highest BCUT2D eigenvalue weighted by atomic mass is 16.5. The fraction of sp³-hybridized carbons (Fsp3) is 0.143. The van der Waals surface area contributed by atoms with Gasteiger partial charge in [-0.05, 0) is 41.5 Å². The Kier molecular flexibility index (Phi) is 4.51. The van der Waals surface area contributed by atoms with E-state index in [0.717, 1.165) is 22.0 Å². The van der Waals surface area contributed by atoms with Gasteiger partial charge in [0.15, 0.2) is 0 Å². The maximum absolute atomic E-state index is 13.0. The molecule has 2 aliphatic rings. The normalized spacial score (nSPS) is 15.5. The van der Waals surface area contributed by atoms with Crippen LogP contribution < -0.4 is 14.5 Å². The zero-order valence-corrected chi connectivity index (χ0v) is 19.5. The lowest BCUT2D eigenvalue weighted by Crippen LogP contribution is -2.32. The number of amides is 2. The first-order valence-electron chi connectivity index (χ1n) is 11.3. The summed E-state index contributed by atoms with van der Waals surface area (Å²) in [7, 11) is 1.51. The van der Waals surface area contributed by atoms with Gasteiger partial charge >= 0.3 is 0 Å². The third-order valence-electron chi connectivity index (χ3n) is 6.81. The molecule has 0 saturated carbocycles. The first kappa shape index (κ1) is 21.0. The van der Waals surface area contributed by atoms with Gasteiger partial charge < -0.3 is 9.64 Å². The van der Waals surface area contributed by atoms with E-state index in [1.54, 1.807) is 30.6 Å². The number of methoxy groups -OCH3 is 1. The predicted molar refractivity (Wildman–Crippen MR) is 133 cm³/mol. The van der Waals surface area contributed by atoms with Gasteiger partial charge in [0, 0.05) is 5.41 Å². The van der Waals surface area contributed by atoms with Crippen molar-refractivity contribution in [3.05, 3.63) is 101 Å². The summed E-state index contributed by atoms with van der Waals surface area (Å²) in [6.45, 7) is 4.44. The minimum absolute atomic E-state index is 0.0397. The van der Waals surface area contributed by atoms with Gasteiger partial charge in [-0.3, -0.25) is 9.59 Å². The van der Waals surface area contributed by atoms with E-state index in [-0.39, 0.29) is 16.9 Å². The van der Waals surface area contributed by atoms with Crippen molar-refractivity contribution < 1.29 is 14.3 Å². The SMILES string of the molecule is COc1ccc2c(c1)C(=O)N(c1ncc(N3c4ccccc4C(C)(C)c4ccccc43)cn1)C2=O. The molecule has 4 aromatic rings. The summed E-state index contributed by atoms with van der Waals surface area (Å²) in [6, 6.07) is 21.4. The maximum Gasteiger partial charge on any atom is 0.268 e. The van der Waals surface area contributed by atoms with Crippen molar-refractivity contribution >= 4 is 34.8 Å². The van der Waals surface area contributed by atoms with Crippen LogP contribution in [0.4, 0.5) is 23.0 Å². The van der Waals surface area contributed by atoms with Crippen molar-refractivity contribution in [2.75, 3.05) is 16.9 Å². The Morgan fingerprint density at radius 2 is 1.31 bits per heavy atom. The smallest absolute Gasteiger partial charge is 0.268 e. The molecule has 0 atom stereocenters. The molecule has 172 valence electrons. The van der Waals surface area contributed by atoms with E-state index in [4.69, 9.17) is 4.74 Å². The second-order valence-corrected chi connectivity index (χ2v) is 9.09. The minimum Gasteiger partial charge on any atom is -0.497 e. The molecule has 7 nitrogen and oxygen atoms in total. The summed E-state index contributed by atoms with van der Waals surface area (Å²) in [6.07, 6.45) is 3.30. The largest absolute Gasteiger partial charge is 0.497 e. The quantitative estimate of drug-likeness (QED) is 0.380. The average molecular weight is 463 g/mol. The van der Waals surface area contributed by atoms with Crippen molar-refractivity contribution in [3.8, 4) is 5.75 Å². The summed E-state index contributed by atoms with van der Waals surface area (Å²) in [5.74, 6) is -0.367. The van der Waals surface area contributed by atoms with Crippen LogP contribution in [0.2, 0.25) is 0 Å². The molecule has 2 amide bonds. The molecule has 0 fully saturated rings. The number of carbonyl (C=O) groups is 2. The highest BCUT2D eigenvalue weighted by Crippen LogP contribution is 2.51. The lowest BCUT2D eigenvalue weighted by Gasteiger charge is -2.41. The van der Waals surface area contributed by atoms with Crippen molar-refractivity contribution in [1.82, 2.24) is 9.97 Å². The van der Waals surface area contributed by atoms with Gasteiger partial charge in [-0.2, -0.15) is 0 Å². The lowest BCUT2D eigenvalue weighted by atomic mass is 9.73. The Hall–Kier alpha value is -4.52. The maximum atomic E-state index is 13.0. The van der Waals surface area contributed by atoms with Gasteiger partial charge in [-0.15, -0.1) is 0 Å². The van der Waals surface area contributed by atoms with E-state index in [1.807, 2.05) is 24.3 Å². The molecule has 0 unspecified atom stereocenters. The van der Waals surface area contributed by atoms with E-state index >= 15 is 0 Å². The lowest BCUT2D eigenvalue weighted by molar-refractivity contribution is 0.0923. The van der Waals surface area contributed by atoms with Crippen molar-refractivity contribution in [2.45, 2.75) is 19.3 Å². The Labute approximate surface area is 202 Å². The van der Waals surface area contributed by atoms with E-state index in [1.165, 1.54) is 18.2 Å². The van der Waals surface area contributed by atoms with Crippen molar-refractivity contribution in [3.63, 3.8) is 0 Å². The standard InChI is InChI=1S/C28H22N4O3/c1-28(2)21-8-4-6-10-23(21)31(24-11-7-5-9-22(24)28)17-15-29-27(30-16-17)32-25(33)19-13-12-18(35-3)14-20(19)26(32)34/h4-16H,1-3H3. The third-order valence-corrected chi connectivity index (χ3v) is 6.81. The van der Waals surface area contributed by atoms with Crippen LogP contribution in [-0.2, 0) is 5.41 Å². The first-order valence-corrected chi connectivity index (χ1v) is 11.3. The van der Waals surface area contributed by atoms with Gasteiger partial charge in [-0.25, -0.2) is 14.9 Å². The van der Waals surface area contributed by atoms with Crippen LogP contribution in [-0.4, -0.2) is 28.9 Å². The van der Waals surface area contributed by atoms with E-state index < -0.39 is 11.8 Å². The Morgan fingerprint density at radius 3 is 1.91 bits per heavy atom. The van der Waals surface area contributed by atoms with Gasteiger partial charge in [0.25, 0.3) is 11.8 Å². The minimum atomic E-state index is -0.466. The number of ether oxygens (including phenoxy) is 1. The molecule has 3 aromatic carbocycles. The number of carbonyl (C=O) groups excluding carboxylic acids is 2. The van der Waals surface area contributed by atoms with Gasteiger partial charge in [-0.1, -0.05) is 50.2 Å². The molecule has 0 bridgehead atoms. The van der Waals surface area contributed by atoms with Crippen LogP contribution in [0.25, 0.3) is 0 Å². The molecular weight excluding hydrogens is 440 g/mol. The van der Waals surface area contributed by atoms with Gasteiger partial charge in [0.05, 0.1) is 47.7 Å². The molecular formula is C28H22N4O3. The molecule has 2 aliphatic heterocycles. The van der Waals surface area contributed by atoms with E-state index in [0.29, 0.717) is 11.3 Å². The predicted octanol–water partition coefficient (Wildman–Crippen LogP) is 5.39. The zero-order chi connectivity index (χ0) is 24.3. The zero-order valence-electron chi connectivity index (χ0n) is 19.5. The summed E-state index contributed by atoms with van der Waals surface area (Å²) in [5, 5.41) is 0. The number of aromatic nitrogens is 2. The number of imide groups is 1. The molecule has 7 heteroatoms. The topological polar surface area (TPSA) is 75.6 Å². The van der Waals surface area contributed by atoms with Crippen molar-refractivity contribution in [1.29, 1.82) is 0 Å². The fourth-order valence-corrected chi connectivity index (χ4v) is 5.02. The Morgan fingerprint density at radius 1 is 0.743 bits per heavy atom. The molecule has 0 spiro atoms. The van der Waals surface area contributed by atoms with Crippen LogP contribution >= 0.6 is 0 Å². The summed E-state index contributed by atoms with van der Waals surface area (Å²) < 4.78 is 5.20. The van der Waals surface area contributed by atoms with E-state index in [9.17, 15) is 9.59 Å². The Bertz CT molecular complexity index is 1460. The second kappa shape index (κ2) is 7.50. The van der Waals surface area contributed by atoms with Crippen LogP contribution in [0.15, 0.2) is 79.1 Å². The number of anilines is 4. The monoisotopic (exact) mass is 462 g/mol. The molecule has 0 N–H and O–H groups in total. The Balaban J connectivity index is 1.41. The first-order chi connectivity index (χ1) is 16.9. The molecule has 3 heterocycles. The number of hydrogen-bond acceptors (Lipinski definition) is 6. The number of nitrogens with zero attached hydrogens (tertiary/aromatic N) is 4. The summed E-state index contributed by atoms with van der Waals surface area (Å²) in [5.41, 5.74) is 5.62. The van der Waals surface area contributed by atoms with Crippen LogP contribution in [0.3, 0.4) is 0 Å². The number of benzene rings is 3. The van der Waals surface area contributed by atoms with Crippen LogP contribution in [0, 0.1) is 0 Å². The average Bonchev–Trinajstić information content (AvgIpc) is 3.14. The number of hydrogen-bond donors (Lipinski definition) is 0. The van der Waals surface area contributed by atoms with Gasteiger partial charge in [0.2, 0.25) is 5.95 Å². The van der Waals surface area contributed by atoms with Crippen LogP contribution in [0.5, 0.6) is 5.75 Å². The third kappa shape index (κ3) is 2.98. The molecule has 0 aliphatic carbocycles. The van der Waals surface area contributed by atoms with E-state index in [2.05, 4.69) is 53.0 Å². The molecule has 0 saturated heterocycles. The number of para-hydroxylation sites is 2. The summed E-state index contributed by atoms with van der Waals surface area (Å²) in [4.78, 5) is 38.0. The van der Waals surface area contributed by atoms with Gasteiger partial charge in [0.1, 0.15) is 5.75 Å². The highest BCUT2D eigenvalue weighted by Gasteiger charge is 2.39. The van der Waals surface area contributed by atoms with Crippen LogP contribution in [0.1, 0.15) is 45.7 Å².